The van der Waals surface area contributed by atoms with Gasteiger partial charge in [-0.25, -0.2) is 4.39 Å². The zero-order chi connectivity index (χ0) is 5.86. The van der Waals surface area contributed by atoms with Crippen LogP contribution in [0, 0.1) is 0 Å². The van der Waals surface area contributed by atoms with Crippen molar-refractivity contribution in [3.05, 3.63) is 0 Å². The SMILES string of the molecule is CN[C@@H](F)C(C)Cl. The maximum atomic E-state index is 12.0. The summed E-state index contributed by atoms with van der Waals surface area (Å²) in [6, 6.07) is 0. The first-order valence-electron chi connectivity index (χ1n) is 2.14. The molecule has 0 saturated carbocycles. The summed E-state index contributed by atoms with van der Waals surface area (Å²) in [5.41, 5.74) is 0. The van der Waals surface area contributed by atoms with Crippen LogP contribution in [0.25, 0.3) is 0 Å². The van der Waals surface area contributed by atoms with E-state index in [1.54, 1.807) is 6.92 Å². The van der Waals surface area contributed by atoms with Crippen LogP contribution in [0.4, 0.5) is 4.39 Å². The highest BCUT2D eigenvalue weighted by atomic mass is 35.5. The average Bonchev–Trinajstić information content (AvgIpc) is 1.65. The fraction of sp³-hybridized carbons (Fsp3) is 1.00. The Labute approximate surface area is 47.9 Å². The van der Waals surface area contributed by atoms with E-state index in [4.69, 9.17) is 11.6 Å². The molecule has 0 heterocycles. The van der Waals surface area contributed by atoms with Crippen LogP contribution in [0.15, 0.2) is 0 Å². The summed E-state index contributed by atoms with van der Waals surface area (Å²) in [5.74, 6) is 0. The molecule has 1 N–H and O–H groups in total. The van der Waals surface area contributed by atoms with Gasteiger partial charge < -0.3 is 0 Å². The monoisotopic (exact) mass is 125 g/mol. The van der Waals surface area contributed by atoms with Gasteiger partial charge in [0, 0.05) is 0 Å². The smallest absolute Gasteiger partial charge is 0.167 e. The van der Waals surface area contributed by atoms with Crippen LogP contribution in [0.1, 0.15) is 6.92 Å². The molecule has 0 aliphatic heterocycles. The molecular weight excluding hydrogens is 117 g/mol. The summed E-state index contributed by atoms with van der Waals surface area (Å²) in [5, 5.41) is 1.93. The number of nitrogens with one attached hydrogen (secondary N) is 1. The predicted octanol–water partition coefficient (Wildman–Crippen LogP) is 1.13. The molecule has 0 aliphatic rings. The van der Waals surface area contributed by atoms with Gasteiger partial charge in [0.2, 0.25) is 0 Å². The third-order valence-corrected chi connectivity index (χ3v) is 0.900. The van der Waals surface area contributed by atoms with Crippen molar-refractivity contribution < 1.29 is 4.39 Å². The Kier molecular flexibility index (Phi) is 3.30. The Bertz CT molecular complexity index is 49.0. The summed E-state index contributed by atoms with van der Waals surface area (Å²) in [6.07, 6.45) is -1.08. The van der Waals surface area contributed by atoms with Gasteiger partial charge in [-0.05, 0) is 14.0 Å². The molecule has 0 bridgehead atoms. The Balaban J connectivity index is 3.14. The third kappa shape index (κ3) is 2.83. The van der Waals surface area contributed by atoms with Crippen molar-refractivity contribution >= 4 is 11.6 Å². The molecule has 0 aliphatic carbocycles. The minimum atomic E-state index is -1.08. The summed E-state index contributed by atoms with van der Waals surface area (Å²) in [6.45, 7) is 1.60. The molecule has 0 saturated heterocycles. The molecule has 3 heteroatoms. The minimum absolute atomic E-state index is 0.440. The minimum Gasteiger partial charge on any atom is -0.290 e. The van der Waals surface area contributed by atoms with Crippen LogP contribution >= 0.6 is 11.6 Å². The van der Waals surface area contributed by atoms with Crippen LogP contribution < -0.4 is 5.32 Å². The maximum Gasteiger partial charge on any atom is 0.167 e. The Morgan fingerprint density at radius 2 is 2.14 bits per heavy atom. The van der Waals surface area contributed by atoms with E-state index >= 15 is 0 Å². The van der Waals surface area contributed by atoms with Gasteiger partial charge in [0.15, 0.2) is 6.30 Å². The van der Waals surface area contributed by atoms with Gasteiger partial charge in [0.25, 0.3) is 0 Å². The molecule has 0 rings (SSSR count). The molecular formula is C4H9ClFN. The molecule has 7 heavy (non-hydrogen) atoms. The first-order chi connectivity index (χ1) is 3.18. The maximum absolute atomic E-state index is 12.0. The van der Waals surface area contributed by atoms with E-state index in [9.17, 15) is 4.39 Å². The van der Waals surface area contributed by atoms with Gasteiger partial charge in [0.1, 0.15) is 0 Å². The van der Waals surface area contributed by atoms with Crippen LogP contribution in [0.3, 0.4) is 0 Å². The predicted molar refractivity (Wildman–Crippen MR) is 29.3 cm³/mol. The van der Waals surface area contributed by atoms with E-state index < -0.39 is 11.7 Å². The standard InChI is InChI=1S/C4H9ClFN/c1-3(5)4(6)7-2/h3-4,7H,1-2H3/t3?,4-/m1/s1. The van der Waals surface area contributed by atoms with Crippen molar-refractivity contribution in [1.82, 2.24) is 5.32 Å². The van der Waals surface area contributed by atoms with Gasteiger partial charge in [-0.1, -0.05) is 0 Å². The fourth-order valence-corrected chi connectivity index (χ4v) is 0.356. The number of halogens is 2. The molecule has 0 aromatic rings. The molecule has 0 amide bonds. The first-order valence-corrected chi connectivity index (χ1v) is 2.57. The molecule has 44 valence electrons. The summed E-state index contributed by atoms with van der Waals surface area (Å²) >= 11 is 5.29. The van der Waals surface area contributed by atoms with Crippen LogP contribution in [0.2, 0.25) is 0 Å². The van der Waals surface area contributed by atoms with Crippen molar-refractivity contribution in [2.45, 2.75) is 18.6 Å². The number of alkyl halides is 2. The second-order valence-corrected chi connectivity index (χ2v) is 2.06. The normalized spacial score (nSPS) is 18.9. The Morgan fingerprint density at radius 1 is 1.71 bits per heavy atom. The molecule has 0 aromatic carbocycles. The van der Waals surface area contributed by atoms with Crippen LogP contribution in [-0.4, -0.2) is 18.7 Å². The average molecular weight is 126 g/mol. The molecule has 1 unspecified atom stereocenters. The van der Waals surface area contributed by atoms with E-state index in [-0.39, 0.29) is 0 Å². The highest BCUT2D eigenvalue weighted by Crippen LogP contribution is 2.00. The van der Waals surface area contributed by atoms with Gasteiger partial charge in [-0.3, -0.25) is 5.32 Å². The number of hydrogen-bond donors (Lipinski definition) is 1. The largest absolute Gasteiger partial charge is 0.290 e. The molecule has 2 atom stereocenters. The lowest BCUT2D eigenvalue weighted by Crippen LogP contribution is -2.27. The fourth-order valence-electron chi connectivity index (χ4n) is 0.230. The number of hydrogen-bond acceptors (Lipinski definition) is 1. The molecule has 1 nitrogen and oxygen atoms in total. The lowest BCUT2D eigenvalue weighted by atomic mass is 10.4. The first kappa shape index (κ1) is 7.18. The molecule has 0 aromatic heterocycles. The number of rotatable bonds is 2. The van der Waals surface area contributed by atoms with E-state index in [0.717, 1.165) is 0 Å². The Morgan fingerprint density at radius 3 is 2.14 bits per heavy atom. The second kappa shape index (κ2) is 3.22. The van der Waals surface area contributed by atoms with Crippen molar-refractivity contribution in [3.8, 4) is 0 Å². The summed E-state index contributed by atoms with van der Waals surface area (Å²) in [4.78, 5) is 0. The van der Waals surface area contributed by atoms with E-state index in [1.165, 1.54) is 7.05 Å². The van der Waals surface area contributed by atoms with Crippen molar-refractivity contribution in [2.75, 3.05) is 7.05 Å². The van der Waals surface area contributed by atoms with Crippen LogP contribution in [0.5, 0.6) is 0 Å². The molecule has 0 spiro atoms. The van der Waals surface area contributed by atoms with E-state index in [2.05, 4.69) is 5.32 Å². The third-order valence-electron chi connectivity index (χ3n) is 0.679. The lowest BCUT2D eigenvalue weighted by molar-refractivity contribution is 0.288. The quantitative estimate of drug-likeness (QED) is 0.431. The summed E-state index contributed by atoms with van der Waals surface area (Å²) in [7, 11) is 1.53. The highest BCUT2D eigenvalue weighted by Gasteiger charge is 2.07. The zero-order valence-corrected chi connectivity index (χ0v) is 5.17. The van der Waals surface area contributed by atoms with Crippen molar-refractivity contribution in [1.29, 1.82) is 0 Å². The van der Waals surface area contributed by atoms with Crippen molar-refractivity contribution in [3.63, 3.8) is 0 Å². The lowest BCUT2D eigenvalue weighted by Gasteiger charge is -2.06. The van der Waals surface area contributed by atoms with Gasteiger partial charge in [-0.15, -0.1) is 11.6 Å². The highest BCUT2D eigenvalue weighted by molar-refractivity contribution is 6.20. The molecule has 0 radical (unpaired) electrons. The van der Waals surface area contributed by atoms with Crippen molar-refractivity contribution in [2.24, 2.45) is 0 Å². The van der Waals surface area contributed by atoms with Gasteiger partial charge in [0.05, 0.1) is 5.38 Å². The molecule has 0 fully saturated rings. The zero-order valence-electron chi connectivity index (χ0n) is 4.41. The second-order valence-electron chi connectivity index (χ2n) is 1.37. The Hall–Kier alpha value is 0.180. The van der Waals surface area contributed by atoms with Gasteiger partial charge in [-0.2, -0.15) is 0 Å². The van der Waals surface area contributed by atoms with E-state index in [1.807, 2.05) is 0 Å². The van der Waals surface area contributed by atoms with Crippen LogP contribution in [-0.2, 0) is 0 Å². The summed E-state index contributed by atoms with van der Waals surface area (Å²) < 4.78 is 12.0. The van der Waals surface area contributed by atoms with Gasteiger partial charge >= 0.3 is 0 Å². The topological polar surface area (TPSA) is 12.0 Å². The van der Waals surface area contributed by atoms with E-state index in [0.29, 0.717) is 0 Å².